The Bertz CT molecular complexity index is 1460. The van der Waals surface area contributed by atoms with Crippen molar-refractivity contribution in [2.24, 2.45) is 0 Å². The lowest BCUT2D eigenvalue weighted by Crippen LogP contribution is -2.10. The molecule has 0 aliphatic carbocycles. The summed E-state index contributed by atoms with van der Waals surface area (Å²) >= 11 is 1.71. The molecule has 0 fully saturated rings. The predicted molar refractivity (Wildman–Crippen MR) is 150 cm³/mol. The van der Waals surface area contributed by atoms with Gasteiger partial charge in [0.05, 0.1) is 6.61 Å². The summed E-state index contributed by atoms with van der Waals surface area (Å²) in [5.41, 5.74) is 4.74. The van der Waals surface area contributed by atoms with Gasteiger partial charge in [-0.1, -0.05) is 99.3 Å². The third kappa shape index (κ3) is 5.02. The second kappa shape index (κ2) is 10.2. The molecule has 0 saturated carbocycles. The molecule has 4 nitrogen and oxygen atoms in total. The Morgan fingerprint density at radius 1 is 0.806 bits per heavy atom. The van der Waals surface area contributed by atoms with Crippen LogP contribution in [0.5, 0.6) is 5.75 Å². The molecule has 0 unspecified atom stereocenters. The van der Waals surface area contributed by atoms with Crippen LogP contribution in [0.4, 0.5) is 0 Å². The van der Waals surface area contributed by atoms with Crippen LogP contribution in [0.1, 0.15) is 38.8 Å². The van der Waals surface area contributed by atoms with E-state index in [0.717, 1.165) is 33.7 Å². The Kier molecular flexibility index (Phi) is 6.84. The molecule has 0 aliphatic heterocycles. The third-order valence-electron chi connectivity index (χ3n) is 6.29. The summed E-state index contributed by atoms with van der Waals surface area (Å²) in [5.74, 6) is 2.50. The highest BCUT2D eigenvalue weighted by molar-refractivity contribution is 7.98. The maximum Gasteiger partial charge on any atom is 0.196 e. The first-order valence-corrected chi connectivity index (χ1v) is 13.3. The number of nitrogens with zero attached hydrogens (tertiary/aromatic N) is 3. The fourth-order valence-electron chi connectivity index (χ4n) is 4.32. The number of thioether (sulfide) groups is 1. The quantitative estimate of drug-likeness (QED) is 0.215. The molecule has 36 heavy (non-hydrogen) atoms. The average molecular weight is 494 g/mol. The molecule has 5 aromatic rings. The van der Waals surface area contributed by atoms with Crippen molar-refractivity contribution in [1.29, 1.82) is 0 Å². The van der Waals surface area contributed by atoms with Crippen molar-refractivity contribution in [3.05, 3.63) is 102 Å². The summed E-state index contributed by atoms with van der Waals surface area (Å²) in [6, 6.07) is 31.8. The smallest absolute Gasteiger partial charge is 0.196 e. The number of rotatable bonds is 7. The normalized spacial score (nSPS) is 11.7. The van der Waals surface area contributed by atoms with Crippen LogP contribution in [0.3, 0.4) is 0 Å². The van der Waals surface area contributed by atoms with Gasteiger partial charge < -0.3 is 4.74 Å². The van der Waals surface area contributed by atoms with Gasteiger partial charge in [-0.25, -0.2) is 0 Å². The molecule has 0 atom stereocenters. The van der Waals surface area contributed by atoms with Crippen LogP contribution < -0.4 is 4.74 Å². The van der Waals surface area contributed by atoms with E-state index in [4.69, 9.17) is 4.74 Å². The van der Waals surface area contributed by atoms with Gasteiger partial charge in [0, 0.05) is 17.0 Å². The van der Waals surface area contributed by atoms with Crippen LogP contribution in [0.15, 0.2) is 96.2 Å². The first-order chi connectivity index (χ1) is 17.4. The molecule has 0 aliphatic rings. The molecule has 0 radical (unpaired) electrons. The third-order valence-corrected chi connectivity index (χ3v) is 7.26. The van der Waals surface area contributed by atoms with Crippen LogP contribution >= 0.6 is 11.8 Å². The summed E-state index contributed by atoms with van der Waals surface area (Å²) < 4.78 is 7.82. The van der Waals surface area contributed by atoms with Crippen molar-refractivity contribution in [3.63, 3.8) is 0 Å². The summed E-state index contributed by atoms with van der Waals surface area (Å²) in [5, 5.41) is 12.7. The first-order valence-electron chi connectivity index (χ1n) is 12.3. The minimum Gasteiger partial charge on any atom is -0.494 e. The molecule has 5 heteroatoms. The molecular formula is C31H31N3OS. The molecule has 1 heterocycles. The molecule has 0 saturated heterocycles. The second-order valence-electron chi connectivity index (χ2n) is 9.82. The number of hydrogen-bond acceptors (Lipinski definition) is 4. The highest BCUT2D eigenvalue weighted by Crippen LogP contribution is 2.33. The maximum atomic E-state index is 5.67. The summed E-state index contributed by atoms with van der Waals surface area (Å²) in [6.45, 7) is 9.32. The van der Waals surface area contributed by atoms with Crippen LogP contribution in [0.2, 0.25) is 0 Å². The summed E-state index contributed by atoms with van der Waals surface area (Å²) in [7, 11) is 0. The monoisotopic (exact) mass is 493 g/mol. The molecule has 0 bridgehead atoms. The van der Waals surface area contributed by atoms with Gasteiger partial charge >= 0.3 is 0 Å². The van der Waals surface area contributed by atoms with Crippen molar-refractivity contribution in [2.45, 2.75) is 44.0 Å². The standard InChI is InChI=1S/C31H31N3OS/c1-5-35-27-19-17-26(18-20-27)34-29(23-13-15-25(16-14-23)31(2,3)4)32-33-30(34)36-21-24-11-8-10-22-9-6-7-12-28(22)24/h6-20H,5,21H2,1-4H3. The molecule has 1 aromatic heterocycles. The lowest BCUT2D eigenvalue weighted by Gasteiger charge is -2.19. The average Bonchev–Trinajstić information content (AvgIpc) is 3.31. The van der Waals surface area contributed by atoms with E-state index < -0.39 is 0 Å². The fraction of sp³-hybridized carbons (Fsp3) is 0.226. The summed E-state index contributed by atoms with van der Waals surface area (Å²) in [6.07, 6.45) is 0. The predicted octanol–water partition coefficient (Wildman–Crippen LogP) is 8.08. The number of hydrogen-bond donors (Lipinski definition) is 0. The van der Waals surface area contributed by atoms with E-state index >= 15 is 0 Å². The molecule has 0 amide bonds. The van der Waals surface area contributed by atoms with E-state index in [-0.39, 0.29) is 5.41 Å². The largest absolute Gasteiger partial charge is 0.494 e. The zero-order valence-electron chi connectivity index (χ0n) is 21.2. The number of fused-ring (bicyclic) bond motifs is 1. The van der Waals surface area contributed by atoms with Gasteiger partial charge in [-0.3, -0.25) is 4.57 Å². The Morgan fingerprint density at radius 2 is 1.53 bits per heavy atom. The van der Waals surface area contributed by atoms with Crippen molar-refractivity contribution in [3.8, 4) is 22.8 Å². The van der Waals surface area contributed by atoms with Gasteiger partial charge in [0.2, 0.25) is 0 Å². The molecule has 182 valence electrons. The topological polar surface area (TPSA) is 39.9 Å². The van der Waals surface area contributed by atoms with Gasteiger partial charge in [0.15, 0.2) is 11.0 Å². The van der Waals surface area contributed by atoms with Crippen molar-refractivity contribution in [2.75, 3.05) is 6.61 Å². The lowest BCUT2D eigenvalue weighted by molar-refractivity contribution is 0.340. The van der Waals surface area contributed by atoms with Gasteiger partial charge in [0.25, 0.3) is 0 Å². The van der Waals surface area contributed by atoms with E-state index in [1.807, 2.05) is 19.1 Å². The molecule has 0 N–H and O–H groups in total. The van der Waals surface area contributed by atoms with E-state index in [1.165, 1.54) is 21.9 Å². The van der Waals surface area contributed by atoms with E-state index in [2.05, 4.69) is 114 Å². The van der Waals surface area contributed by atoms with Crippen LogP contribution in [-0.4, -0.2) is 21.4 Å². The van der Waals surface area contributed by atoms with Crippen molar-refractivity contribution >= 4 is 22.5 Å². The number of ether oxygens (including phenoxy) is 1. The van der Waals surface area contributed by atoms with E-state index in [0.29, 0.717) is 6.61 Å². The highest BCUT2D eigenvalue weighted by Gasteiger charge is 2.19. The van der Waals surface area contributed by atoms with Gasteiger partial charge in [-0.15, -0.1) is 10.2 Å². The molecule has 5 rings (SSSR count). The number of benzene rings is 4. The van der Waals surface area contributed by atoms with E-state index in [1.54, 1.807) is 11.8 Å². The minimum absolute atomic E-state index is 0.0980. The van der Waals surface area contributed by atoms with Gasteiger partial charge in [0.1, 0.15) is 5.75 Å². The molecule has 4 aromatic carbocycles. The SMILES string of the molecule is CCOc1ccc(-n2c(SCc3cccc4ccccc34)nnc2-c2ccc(C(C)(C)C)cc2)cc1. The zero-order chi connectivity index (χ0) is 25.1. The van der Waals surface area contributed by atoms with Crippen LogP contribution in [-0.2, 0) is 11.2 Å². The van der Waals surface area contributed by atoms with Gasteiger partial charge in [-0.2, -0.15) is 0 Å². The lowest BCUT2D eigenvalue weighted by atomic mass is 9.87. The second-order valence-corrected chi connectivity index (χ2v) is 10.8. The Balaban J connectivity index is 1.53. The zero-order valence-corrected chi connectivity index (χ0v) is 22.0. The van der Waals surface area contributed by atoms with Gasteiger partial charge in [-0.05, 0) is 58.5 Å². The maximum absolute atomic E-state index is 5.67. The van der Waals surface area contributed by atoms with Crippen LogP contribution in [0, 0.1) is 0 Å². The first kappa shape index (κ1) is 24.1. The Labute approximate surface area is 217 Å². The minimum atomic E-state index is 0.0980. The fourth-order valence-corrected chi connectivity index (χ4v) is 5.28. The molecule has 0 spiro atoms. The van der Waals surface area contributed by atoms with Crippen LogP contribution in [0.25, 0.3) is 27.8 Å². The number of aromatic nitrogens is 3. The highest BCUT2D eigenvalue weighted by atomic mass is 32.2. The Hall–Kier alpha value is -3.57. The van der Waals surface area contributed by atoms with Crippen molar-refractivity contribution in [1.82, 2.24) is 14.8 Å². The van der Waals surface area contributed by atoms with E-state index in [9.17, 15) is 0 Å². The molecular weight excluding hydrogens is 462 g/mol. The Morgan fingerprint density at radius 3 is 2.25 bits per heavy atom. The van der Waals surface area contributed by atoms with Crippen molar-refractivity contribution < 1.29 is 4.74 Å². The summed E-state index contributed by atoms with van der Waals surface area (Å²) in [4.78, 5) is 0.